The molecule has 0 radical (unpaired) electrons. The van der Waals surface area contributed by atoms with Gasteiger partial charge in [0, 0.05) is 61.8 Å². The van der Waals surface area contributed by atoms with Crippen molar-refractivity contribution in [1.29, 1.82) is 0 Å². The van der Waals surface area contributed by atoms with Crippen LogP contribution in [0.15, 0.2) is 225 Å². The molecule has 0 N–H and O–H groups in total. The van der Waals surface area contributed by atoms with E-state index >= 15 is 0 Å². The number of rotatable bonds is 19. The SMILES string of the molecule is C.CCC(=Cc1oc2ccc(-c3ccccc3)cc2[n+]1CCCS(=O)(=O)[O-])C=C1Oc2ccc(-c3ccccc3)cc2N1CCCS(=O)(=O)[O-].Cc1nc2cc(-c3ccccc3)ccc2o1.Cc1oc2ccc(-c3ccccc3)cc2[n+]1CCCS(=O)(=O)[O-].O=S1(=O)CCCO1.[2H-].[Na+]. The summed E-state index contributed by atoms with van der Waals surface area (Å²) < 4.78 is 153. The monoisotopic (exact) mass is 1400 g/mol. The van der Waals surface area contributed by atoms with Crippen LogP contribution in [0.25, 0.3) is 83.9 Å². The zero-order valence-electron chi connectivity index (χ0n) is 54.3. The van der Waals surface area contributed by atoms with Crippen LogP contribution < -0.4 is 48.3 Å². The number of anilines is 1. The first-order valence-electron chi connectivity index (χ1n) is 30.6. The minimum absolute atomic E-state index is 0. The zero-order valence-corrected chi connectivity index (χ0v) is 58.5. The largest absolute Gasteiger partial charge is 1.00 e. The smallest absolute Gasteiger partial charge is 1.00 e. The van der Waals surface area contributed by atoms with Crippen molar-refractivity contribution in [2.45, 2.75) is 73.4 Å². The number of fused-ring (bicyclic) bond motifs is 4. The van der Waals surface area contributed by atoms with Gasteiger partial charge in [-0.05, 0) is 106 Å². The van der Waals surface area contributed by atoms with Crippen molar-refractivity contribution in [1.82, 2.24) is 4.98 Å². The predicted octanol–water partition coefficient (Wildman–Crippen LogP) is 10.4. The quantitative estimate of drug-likeness (QED) is 0.0315. The third-order valence-electron chi connectivity index (χ3n) is 15.4. The van der Waals surface area contributed by atoms with E-state index in [0.29, 0.717) is 60.9 Å². The first-order chi connectivity index (χ1) is 45.4. The topological polar surface area (TPSA) is 288 Å². The van der Waals surface area contributed by atoms with Crippen LogP contribution in [-0.2, 0) is 57.7 Å². The standard InChI is InChI=1S/C37H36N2O8S2.C17H17NO4S.C14H11NO.C3H6O3S.CH4.Na.H/c1-2-27(23-36-38(19-9-21-48(40,41)42)32-25-30(15-17-34(32)46-36)28-11-5-3-6-12-28)24-37-39(20-10-22-49(43,44)45)33-26-31(16-18-35(33)47-37)29-13-7-4-8-14-29;1-13-18(10-5-11-23(19,20)21)16-12-15(8-9-17(16)22-13)14-6-3-2-4-7-14;1-10-15-13-9-12(7-8-14(13)16-10)11-5-3-2-4-6-11;4-7(5)3-1-2-6-7;;;/h3-8,11-18,23-26H,2,9-10,19-22H2,1H3,(H-,40,41,42,43,44,45);2-4,6-9,12H,5,10-11H2,1H3;2-9H,1H3;1-3H2;1H4;;/q;;;;;+1;-1/p-1/i;;;;;;1+1. The number of oxazole rings is 3. The first-order valence-corrected chi connectivity index (χ1v) is 36.9. The van der Waals surface area contributed by atoms with Gasteiger partial charge in [-0.25, -0.2) is 30.2 Å². The van der Waals surface area contributed by atoms with E-state index in [1.54, 1.807) is 0 Å². The summed E-state index contributed by atoms with van der Waals surface area (Å²) in [5.41, 5.74) is 14.7. The number of hydrogen-bond acceptors (Lipinski definition) is 18. The molecule has 0 atom stereocenters. The van der Waals surface area contributed by atoms with Crippen LogP contribution in [0, 0.1) is 13.8 Å². The van der Waals surface area contributed by atoms with Crippen LogP contribution in [-0.4, -0.2) is 88.5 Å². The molecule has 0 saturated carbocycles. The van der Waals surface area contributed by atoms with E-state index in [1.165, 1.54) is 11.1 Å². The fraction of sp³-hybridized carbons (Fsp3) is 0.236. The Labute approximate surface area is 589 Å². The molecule has 97 heavy (non-hydrogen) atoms. The number of aryl methyl sites for hydroxylation is 4. The second-order valence-corrected chi connectivity index (χ2v) is 28.7. The molecule has 11 aromatic rings. The summed E-state index contributed by atoms with van der Waals surface area (Å²) in [6.07, 6.45) is 5.38. The maximum atomic E-state index is 11.4. The molecule has 2 aliphatic heterocycles. The van der Waals surface area contributed by atoms with E-state index < -0.39 is 52.0 Å². The number of allylic oxidation sites excluding steroid dienone is 2. The fourth-order valence-corrected chi connectivity index (χ4v) is 13.3. The van der Waals surface area contributed by atoms with Gasteiger partial charge in [0.1, 0.15) is 5.52 Å². The van der Waals surface area contributed by atoms with Gasteiger partial charge in [-0.2, -0.15) is 17.6 Å². The number of benzene rings is 8. The molecule has 1 saturated heterocycles. The molecule has 5 heterocycles. The Bertz CT molecular complexity index is 5030. The first kappa shape index (κ1) is 74.7. The van der Waals surface area contributed by atoms with Gasteiger partial charge in [-0.1, -0.05) is 160 Å². The summed E-state index contributed by atoms with van der Waals surface area (Å²) in [4.78, 5) is 6.20. The average molecular weight is 1400 g/mol. The Morgan fingerprint density at radius 2 is 1.02 bits per heavy atom. The second kappa shape index (κ2) is 33.4. The minimum atomic E-state index is -4.41. The summed E-state index contributed by atoms with van der Waals surface area (Å²) in [7, 11) is -16.0. The van der Waals surface area contributed by atoms with E-state index in [-0.39, 0.29) is 82.3 Å². The molecular formula is C72H74N4NaO16S4-. The van der Waals surface area contributed by atoms with E-state index in [0.717, 1.165) is 72.4 Å². The van der Waals surface area contributed by atoms with Crippen LogP contribution >= 0.6 is 0 Å². The molecule has 2 aliphatic rings. The molecule has 20 nitrogen and oxygen atoms in total. The maximum Gasteiger partial charge on any atom is 1.00 e. The second-order valence-electron chi connectivity index (χ2n) is 22.4. The minimum Gasteiger partial charge on any atom is -1.00 e. The van der Waals surface area contributed by atoms with E-state index in [2.05, 4.69) is 33.4 Å². The van der Waals surface area contributed by atoms with Crippen molar-refractivity contribution in [2.75, 3.05) is 41.1 Å². The number of hydrogen-bond donors (Lipinski definition) is 0. The summed E-state index contributed by atoms with van der Waals surface area (Å²) in [5, 5.41) is 0. The van der Waals surface area contributed by atoms with Crippen molar-refractivity contribution in [3.05, 3.63) is 229 Å². The normalized spacial score (nSPS) is 13.9. The van der Waals surface area contributed by atoms with E-state index in [4.69, 9.17) is 18.0 Å². The van der Waals surface area contributed by atoms with Gasteiger partial charge in [0.25, 0.3) is 21.2 Å². The molecular weight excluding hydrogens is 1330 g/mol. The Morgan fingerprint density at radius 3 is 1.49 bits per heavy atom. The number of ether oxygens (including phenoxy) is 1. The predicted molar refractivity (Wildman–Crippen MR) is 369 cm³/mol. The van der Waals surface area contributed by atoms with Gasteiger partial charge in [0.05, 0.1) is 61.4 Å². The zero-order chi connectivity index (χ0) is 67.3. The Balaban J connectivity index is 0.000000225. The molecule has 13 rings (SSSR count). The van der Waals surface area contributed by atoms with Gasteiger partial charge in [0.15, 0.2) is 30.3 Å². The summed E-state index contributed by atoms with van der Waals surface area (Å²) in [6, 6.07) is 63.5. The molecule has 0 bridgehead atoms. The van der Waals surface area contributed by atoms with Gasteiger partial charge in [-0.15, -0.1) is 0 Å². The number of aromatic nitrogens is 3. The van der Waals surface area contributed by atoms with Gasteiger partial charge >= 0.3 is 41.3 Å². The van der Waals surface area contributed by atoms with Crippen LogP contribution in [0.2, 0.25) is 0 Å². The summed E-state index contributed by atoms with van der Waals surface area (Å²) in [6.45, 7) is 6.92. The van der Waals surface area contributed by atoms with Crippen molar-refractivity contribution < 1.29 is 110 Å². The van der Waals surface area contributed by atoms with Crippen molar-refractivity contribution >= 4 is 85.5 Å². The molecule has 25 heteroatoms. The molecule has 8 aromatic carbocycles. The van der Waals surface area contributed by atoms with Crippen LogP contribution in [0.4, 0.5) is 5.69 Å². The molecule has 0 aliphatic carbocycles. The Hall–Kier alpha value is -8.11. The molecule has 0 amide bonds. The fourth-order valence-electron chi connectivity index (χ4n) is 10.9. The van der Waals surface area contributed by atoms with Crippen molar-refractivity contribution in [2.24, 2.45) is 0 Å². The van der Waals surface area contributed by atoms with Crippen LogP contribution in [0.1, 0.15) is 65.6 Å². The third kappa shape index (κ3) is 21.0. The van der Waals surface area contributed by atoms with Crippen molar-refractivity contribution in [3.63, 3.8) is 0 Å². The van der Waals surface area contributed by atoms with Gasteiger partial charge < -0.3 is 38.0 Å². The van der Waals surface area contributed by atoms with Crippen molar-refractivity contribution in [3.8, 4) is 50.3 Å². The molecule has 0 unspecified atom stereocenters. The molecule has 0 spiro atoms. The van der Waals surface area contributed by atoms with Crippen LogP contribution in [0.3, 0.4) is 0 Å². The third-order valence-corrected chi connectivity index (χ3v) is 19.1. The maximum absolute atomic E-state index is 11.4. The number of nitrogens with zero attached hydrogens (tertiary/aromatic N) is 4. The summed E-state index contributed by atoms with van der Waals surface area (Å²) >= 11 is 0. The van der Waals surface area contributed by atoms with E-state index in [1.807, 2.05) is 217 Å². The Kier molecular flexibility index (Phi) is 25.7. The molecule has 3 aromatic heterocycles. The van der Waals surface area contributed by atoms with E-state index in [9.17, 15) is 47.3 Å². The Morgan fingerprint density at radius 1 is 0.567 bits per heavy atom. The van der Waals surface area contributed by atoms with Gasteiger partial charge in [0.2, 0.25) is 17.0 Å². The van der Waals surface area contributed by atoms with Crippen LogP contribution in [0.5, 0.6) is 5.75 Å². The molecule has 1 fully saturated rings. The summed E-state index contributed by atoms with van der Waals surface area (Å²) in [5.74, 6) is 1.73. The van der Waals surface area contributed by atoms with Gasteiger partial charge in [-0.3, -0.25) is 4.18 Å². The molecule has 504 valence electrons. The average Bonchev–Trinajstić information content (AvgIpc) is 1.65.